The number of hydrogen-bond donors (Lipinski definition) is 1. The monoisotopic (exact) mass is 344 g/mol. The zero-order valence-electron chi connectivity index (χ0n) is 13.5. The molecule has 24 heavy (non-hydrogen) atoms. The fourth-order valence-corrected chi connectivity index (χ4v) is 3.08. The quantitative estimate of drug-likeness (QED) is 0.813. The molecule has 3 rings (SSSR count). The highest BCUT2D eigenvalue weighted by molar-refractivity contribution is 7.12. The molecule has 1 saturated heterocycles. The van der Waals surface area contributed by atoms with Crippen LogP contribution in [0.5, 0.6) is 5.75 Å². The normalized spacial score (nSPS) is 17.3. The Labute approximate surface area is 145 Å². The van der Waals surface area contributed by atoms with Crippen molar-refractivity contribution in [3.63, 3.8) is 0 Å². The number of carbonyl (C=O) groups excluding carboxylic acids is 1. The zero-order chi connectivity index (χ0) is 16.8. The number of hydrogen-bond acceptors (Lipinski definition) is 5. The van der Waals surface area contributed by atoms with E-state index in [0.717, 1.165) is 40.8 Å². The number of benzene rings is 1. The minimum absolute atomic E-state index is 0.172. The number of nitrogens with zero attached hydrogens (tertiary/aromatic N) is 1. The number of anilines is 1. The number of aryl methyl sites for hydroxylation is 1. The Morgan fingerprint density at radius 1 is 1.46 bits per heavy atom. The van der Waals surface area contributed by atoms with Crippen LogP contribution in [0.2, 0.25) is 0 Å². The summed E-state index contributed by atoms with van der Waals surface area (Å²) in [7, 11) is 0. The Morgan fingerprint density at radius 3 is 2.96 bits per heavy atom. The largest absolute Gasteiger partial charge is 0.491 e. The second-order valence-corrected chi connectivity index (χ2v) is 6.84. The molecule has 1 aliphatic heterocycles. The van der Waals surface area contributed by atoms with Crippen LogP contribution in [-0.2, 0) is 9.53 Å². The number of amides is 1. The van der Waals surface area contributed by atoms with Crippen molar-refractivity contribution in [1.29, 1.82) is 0 Å². The molecule has 2 heterocycles. The van der Waals surface area contributed by atoms with Crippen molar-refractivity contribution in [2.24, 2.45) is 0 Å². The SMILES string of the molecule is Cc1ncc(/C=C/C(=O)Nc2ccc(OCC3CCCO3)cc2)s1. The Balaban J connectivity index is 1.48. The molecule has 0 aliphatic carbocycles. The van der Waals surface area contributed by atoms with Crippen molar-refractivity contribution in [3.05, 3.63) is 46.4 Å². The van der Waals surface area contributed by atoms with E-state index in [9.17, 15) is 4.79 Å². The topological polar surface area (TPSA) is 60.5 Å². The molecule has 1 N–H and O–H groups in total. The molecule has 1 unspecified atom stereocenters. The summed E-state index contributed by atoms with van der Waals surface area (Å²) < 4.78 is 11.2. The first-order valence-corrected chi connectivity index (χ1v) is 8.77. The van der Waals surface area contributed by atoms with E-state index >= 15 is 0 Å². The highest BCUT2D eigenvalue weighted by Crippen LogP contribution is 2.19. The highest BCUT2D eigenvalue weighted by Gasteiger charge is 2.15. The van der Waals surface area contributed by atoms with Crippen molar-refractivity contribution in [3.8, 4) is 5.75 Å². The predicted molar refractivity (Wildman–Crippen MR) is 95.4 cm³/mol. The second kappa shape index (κ2) is 8.08. The standard InChI is InChI=1S/C18H20N2O3S/c1-13-19-11-17(24-13)8-9-18(21)20-14-4-6-15(7-5-14)23-12-16-3-2-10-22-16/h4-9,11,16H,2-3,10,12H2,1H3,(H,20,21)/b9-8+. The van der Waals surface area contributed by atoms with E-state index in [0.29, 0.717) is 6.61 Å². The summed E-state index contributed by atoms with van der Waals surface area (Å²) >= 11 is 1.55. The first kappa shape index (κ1) is 16.7. The van der Waals surface area contributed by atoms with Crippen LogP contribution in [0.25, 0.3) is 6.08 Å². The molecule has 1 aliphatic rings. The number of thiazole rings is 1. The van der Waals surface area contributed by atoms with Crippen LogP contribution >= 0.6 is 11.3 Å². The highest BCUT2D eigenvalue weighted by atomic mass is 32.1. The van der Waals surface area contributed by atoms with Gasteiger partial charge in [0, 0.05) is 29.4 Å². The fraction of sp³-hybridized carbons (Fsp3) is 0.333. The molecule has 0 spiro atoms. The Bertz CT molecular complexity index is 703. The molecular weight excluding hydrogens is 324 g/mol. The van der Waals surface area contributed by atoms with Crippen molar-refractivity contribution in [1.82, 2.24) is 4.98 Å². The summed E-state index contributed by atoms with van der Waals surface area (Å²) in [6.45, 7) is 3.33. The van der Waals surface area contributed by atoms with E-state index in [-0.39, 0.29) is 12.0 Å². The van der Waals surface area contributed by atoms with Gasteiger partial charge < -0.3 is 14.8 Å². The van der Waals surface area contributed by atoms with Crippen LogP contribution in [-0.4, -0.2) is 30.2 Å². The molecule has 1 atom stereocenters. The van der Waals surface area contributed by atoms with Crippen LogP contribution in [0.1, 0.15) is 22.7 Å². The van der Waals surface area contributed by atoms with E-state index in [4.69, 9.17) is 9.47 Å². The van der Waals surface area contributed by atoms with Gasteiger partial charge in [0.1, 0.15) is 12.4 Å². The summed E-state index contributed by atoms with van der Waals surface area (Å²) in [5.41, 5.74) is 0.731. The lowest BCUT2D eigenvalue weighted by Crippen LogP contribution is -2.16. The number of carbonyl (C=O) groups is 1. The Hall–Kier alpha value is -2.18. The van der Waals surface area contributed by atoms with Gasteiger partial charge in [0.25, 0.3) is 0 Å². The van der Waals surface area contributed by atoms with E-state index in [1.165, 1.54) is 6.08 Å². The second-order valence-electron chi connectivity index (χ2n) is 5.57. The summed E-state index contributed by atoms with van der Waals surface area (Å²) in [5, 5.41) is 3.80. The first-order valence-electron chi connectivity index (χ1n) is 7.95. The fourth-order valence-electron chi connectivity index (χ4n) is 2.40. The van der Waals surface area contributed by atoms with Gasteiger partial charge in [0.15, 0.2) is 0 Å². The summed E-state index contributed by atoms with van der Waals surface area (Å²) in [6.07, 6.45) is 7.38. The average molecular weight is 344 g/mol. The summed E-state index contributed by atoms with van der Waals surface area (Å²) in [4.78, 5) is 17.0. The number of ether oxygens (including phenoxy) is 2. The van der Waals surface area contributed by atoms with Crippen molar-refractivity contribution < 1.29 is 14.3 Å². The molecule has 1 aromatic heterocycles. The molecule has 0 saturated carbocycles. The van der Waals surface area contributed by atoms with Gasteiger partial charge in [0.05, 0.1) is 11.1 Å². The number of aromatic nitrogens is 1. The lowest BCUT2D eigenvalue weighted by Gasteiger charge is -2.11. The molecule has 1 amide bonds. The van der Waals surface area contributed by atoms with E-state index in [1.807, 2.05) is 31.2 Å². The summed E-state index contributed by atoms with van der Waals surface area (Å²) in [5.74, 6) is 0.605. The predicted octanol–water partition coefficient (Wildman–Crippen LogP) is 3.66. The minimum atomic E-state index is -0.172. The van der Waals surface area contributed by atoms with E-state index < -0.39 is 0 Å². The van der Waals surface area contributed by atoms with E-state index in [2.05, 4.69) is 10.3 Å². The van der Waals surface area contributed by atoms with Crippen LogP contribution in [0.15, 0.2) is 36.5 Å². The average Bonchev–Trinajstić information content (AvgIpc) is 3.24. The molecule has 0 radical (unpaired) electrons. The molecule has 5 nitrogen and oxygen atoms in total. The smallest absolute Gasteiger partial charge is 0.248 e. The molecule has 2 aromatic rings. The Morgan fingerprint density at radius 2 is 2.29 bits per heavy atom. The van der Waals surface area contributed by atoms with Gasteiger partial charge in [-0.05, 0) is 50.1 Å². The van der Waals surface area contributed by atoms with Crippen molar-refractivity contribution >= 4 is 29.0 Å². The maximum absolute atomic E-state index is 11.9. The maximum atomic E-state index is 11.9. The van der Waals surface area contributed by atoms with Gasteiger partial charge in [-0.2, -0.15) is 0 Å². The van der Waals surface area contributed by atoms with Gasteiger partial charge in [-0.3, -0.25) is 4.79 Å². The van der Waals surface area contributed by atoms with Gasteiger partial charge >= 0.3 is 0 Å². The Kier molecular flexibility index (Phi) is 5.61. The van der Waals surface area contributed by atoms with Gasteiger partial charge in [-0.25, -0.2) is 4.98 Å². The van der Waals surface area contributed by atoms with Crippen LogP contribution in [0.3, 0.4) is 0 Å². The molecule has 0 bridgehead atoms. The summed E-state index contributed by atoms with van der Waals surface area (Å²) in [6, 6.07) is 7.35. The third-order valence-corrected chi connectivity index (χ3v) is 4.50. The van der Waals surface area contributed by atoms with Gasteiger partial charge in [0.2, 0.25) is 5.91 Å². The third-order valence-electron chi connectivity index (χ3n) is 3.62. The van der Waals surface area contributed by atoms with Crippen molar-refractivity contribution in [2.75, 3.05) is 18.5 Å². The lowest BCUT2D eigenvalue weighted by atomic mass is 10.2. The maximum Gasteiger partial charge on any atom is 0.248 e. The molecule has 1 fully saturated rings. The zero-order valence-corrected chi connectivity index (χ0v) is 14.3. The van der Waals surface area contributed by atoms with Crippen LogP contribution in [0, 0.1) is 6.92 Å². The molecule has 6 heteroatoms. The molecular formula is C18H20N2O3S. The van der Waals surface area contributed by atoms with Crippen LogP contribution in [0.4, 0.5) is 5.69 Å². The molecule has 126 valence electrons. The van der Waals surface area contributed by atoms with E-state index in [1.54, 1.807) is 23.6 Å². The van der Waals surface area contributed by atoms with Gasteiger partial charge in [-0.15, -0.1) is 11.3 Å². The number of rotatable bonds is 6. The first-order chi connectivity index (χ1) is 11.7. The van der Waals surface area contributed by atoms with Gasteiger partial charge in [-0.1, -0.05) is 0 Å². The number of nitrogens with one attached hydrogen (secondary N) is 1. The minimum Gasteiger partial charge on any atom is -0.491 e. The third kappa shape index (κ3) is 4.91. The van der Waals surface area contributed by atoms with Crippen LogP contribution < -0.4 is 10.1 Å². The van der Waals surface area contributed by atoms with Crippen molar-refractivity contribution in [2.45, 2.75) is 25.9 Å². The molecule has 1 aromatic carbocycles. The lowest BCUT2D eigenvalue weighted by molar-refractivity contribution is -0.111.